The number of unbranched alkanes of at least 4 members (excludes halogenated alkanes) is 2. The largest absolute Gasteiger partial charge is 0.497 e. The lowest BCUT2D eigenvalue weighted by Crippen LogP contribution is -2.37. The van der Waals surface area contributed by atoms with Gasteiger partial charge in [-0.05, 0) is 31.5 Å². The highest BCUT2D eigenvalue weighted by atomic mass is 16.5. The molecule has 5 heteroatoms. The fourth-order valence-electron chi connectivity index (χ4n) is 2.08. The lowest BCUT2D eigenvalue weighted by molar-refractivity contribution is 0.237. The lowest BCUT2D eigenvalue weighted by Gasteiger charge is -2.18. The van der Waals surface area contributed by atoms with Crippen molar-refractivity contribution in [2.45, 2.75) is 39.2 Å². The molecule has 5 nitrogen and oxygen atoms in total. The van der Waals surface area contributed by atoms with Crippen LogP contribution in [0, 0.1) is 0 Å². The summed E-state index contributed by atoms with van der Waals surface area (Å²) in [5.41, 5.74) is 0.889. The molecule has 0 bridgehead atoms. The molecule has 0 radical (unpaired) electrons. The average molecular weight is 294 g/mol. The van der Waals surface area contributed by atoms with Crippen molar-refractivity contribution in [1.82, 2.24) is 10.6 Å². The molecule has 0 saturated carbocycles. The zero-order chi connectivity index (χ0) is 15.7. The third kappa shape index (κ3) is 5.53. The van der Waals surface area contributed by atoms with E-state index >= 15 is 0 Å². The van der Waals surface area contributed by atoms with E-state index in [1.807, 2.05) is 25.1 Å². The van der Waals surface area contributed by atoms with Gasteiger partial charge in [-0.15, -0.1) is 0 Å². The Hall–Kier alpha value is -1.91. The molecule has 1 rings (SSSR count). The zero-order valence-corrected chi connectivity index (χ0v) is 13.4. The van der Waals surface area contributed by atoms with E-state index in [2.05, 4.69) is 17.6 Å². The van der Waals surface area contributed by atoms with Crippen LogP contribution in [0.4, 0.5) is 4.79 Å². The van der Waals surface area contributed by atoms with Crippen molar-refractivity contribution in [3.05, 3.63) is 23.8 Å². The first-order valence-electron chi connectivity index (χ1n) is 7.38. The van der Waals surface area contributed by atoms with Crippen molar-refractivity contribution in [1.29, 1.82) is 0 Å². The highest BCUT2D eigenvalue weighted by Gasteiger charge is 2.14. The Morgan fingerprint density at radius 2 is 2.00 bits per heavy atom. The molecule has 0 saturated heterocycles. The fraction of sp³-hybridized carbons (Fsp3) is 0.562. The van der Waals surface area contributed by atoms with E-state index in [-0.39, 0.29) is 12.1 Å². The van der Waals surface area contributed by atoms with Crippen molar-refractivity contribution >= 4 is 6.03 Å². The van der Waals surface area contributed by atoms with Crippen LogP contribution in [-0.4, -0.2) is 26.8 Å². The molecule has 2 amide bonds. The molecule has 0 fully saturated rings. The van der Waals surface area contributed by atoms with Crippen molar-refractivity contribution in [3.63, 3.8) is 0 Å². The number of hydrogen-bond acceptors (Lipinski definition) is 3. The van der Waals surface area contributed by atoms with Crippen molar-refractivity contribution in [3.8, 4) is 11.5 Å². The Morgan fingerprint density at radius 1 is 1.24 bits per heavy atom. The molecule has 118 valence electrons. The van der Waals surface area contributed by atoms with Gasteiger partial charge in [0, 0.05) is 12.1 Å². The van der Waals surface area contributed by atoms with Gasteiger partial charge in [0.1, 0.15) is 11.5 Å². The van der Waals surface area contributed by atoms with Gasteiger partial charge in [0.05, 0.1) is 20.3 Å². The summed E-state index contributed by atoms with van der Waals surface area (Å²) in [5, 5.41) is 5.78. The second-order valence-corrected chi connectivity index (χ2v) is 4.94. The normalized spacial score (nSPS) is 11.6. The summed E-state index contributed by atoms with van der Waals surface area (Å²) in [4.78, 5) is 11.8. The summed E-state index contributed by atoms with van der Waals surface area (Å²) in [6.45, 7) is 4.75. The number of amides is 2. The number of nitrogens with one attached hydrogen (secondary N) is 2. The third-order valence-corrected chi connectivity index (χ3v) is 3.32. The van der Waals surface area contributed by atoms with E-state index in [1.54, 1.807) is 14.2 Å². The number of hydrogen-bond donors (Lipinski definition) is 2. The minimum Gasteiger partial charge on any atom is -0.497 e. The van der Waals surface area contributed by atoms with Crippen molar-refractivity contribution in [2.75, 3.05) is 20.8 Å². The molecule has 0 aliphatic carbocycles. The first kappa shape index (κ1) is 17.1. The number of ether oxygens (including phenoxy) is 2. The Labute approximate surface area is 127 Å². The molecule has 0 spiro atoms. The highest BCUT2D eigenvalue weighted by Crippen LogP contribution is 2.29. The minimum atomic E-state index is -0.166. The van der Waals surface area contributed by atoms with Gasteiger partial charge in [0.15, 0.2) is 0 Å². The Bertz CT molecular complexity index is 449. The Balaban J connectivity index is 2.61. The first-order chi connectivity index (χ1) is 10.1. The van der Waals surface area contributed by atoms with Gasteiger partial charge < -0.3 is 20.1 Å². The number of methoxy groups -OCH3 is 2. The minimum absolute atomic E-state index is 0.163. The molecule has 0 aliphatic heterocycles. The molecule has 0 aliphatic rings. The van der Waals surface area contributed by atoms with Gasteiger partial charge in [-0.25, -0.2) is 4.79 Å². The molecule has 2 N–H and O–H groups in total. The van der Waals surface area contributed by atoms with Crippen LogP contribution in [-0.2, 0) is 0 Å². The Kier molecular flexibility index (Phi) is 7.43. The van der Waals surface area contributed by atoms with E-state index in [0.717, 1.165) is 36.3 Å². The molecule has 1 aromatic carbocycles. The third-order valence-electron chi connectivity index (χ3n) is 3.32. The quantitative estimate of drug-likeness (QED) is 0.724. The van der Waals surface area contributed by atoms with Crippen LogP contribution in [0.25, 0.3) is 0 Å². The van der Waals surface area contributed by atoms with Crippen LogP contribution < -0.4 is 20.1 Å². The second kappa shape index (κ2) is 9.10. The van der Waals surface area contributed by atoms with Gasteiger partial charge in [0.2, 0.25) is 0 Å². The summed E-state index contributed by atoms with van der Waals surface area (Å²) >= 11 is 0. The summed E-state index contributed by atoms with van der Waals surface area (Å²) in [5.74, 6) is 1.47. The fourth-order valence-corrected chi connectivity index (χ4v) is 2.08. The monoisotopic (exact) mass is 294 g/mol. The molecular weight excluding hydrogens is 268 g/mol. The van der Waals surface area contributed by atoms with E-state index in [4.69, 9.17) is 9.47 Å². The van der Waals surface area contributed by atoms with E-state index < -0.39 is 0 Å². The maximum atomic E-state index is 11.8. The topological polar surface area (TPSA) is 59.6 Å². The number of carbonyl (C=O) groups excluding carboxylic acids is 1. The van der Waals surface area contributed by atoms with Crippen LogP contribution in [0.5, 0.6) is 11.5 Å². The van der Waals surface area contributed by atoms with Crippen LogP contribution in [0.3, 0.4) is 0 Å². The molecule has 0 aromatic heterocycles. The SMILES string of the molecule is CCCCCNC(=O)NC(C)c1cc(OC)ccc1OC. The molecule has 0 heterocycles. The molecule has 1 aromatic rings. The molecule has 21 heavy (non-hydrogen) atoms. The maximum absolute atomic E-state index is 11.8. The van der Waals surface area contributed by atoms with E-state index in [1.165, 1.54) is 0 Å². The summed E-state index contributed by atoms with van der Waals surface area (Å²) in [6.07, 6.45) is 3.26. The van der Waals surface area contributed by atoms with Gasteiger partial charge in [-0.2, -0.15) is 0 Å². The smallest absolute Gasteiger partial charge is 0.315 e. The predicted octanol–water partition coefficient (Wildman–Crippen LogP) is 3.25. The van der Waals surface area contributed by atoms with Crippen LogP contribution in [0.15, 0.2) is 18.2 Å². The average Bonchev–Trinajstić information content (AvgIpc) is 2.50. The van der Waals surface area contributed by atoms with Crippen molar-refractivity contribution < 1.29 is 14.3 Å². The predicted molar refractivity (Wildman–Crippen MR) is 84.0 cm³/mol. The Morgan fingerprint density at radius 3 is 2.62 bits per heavy atom. The second-order valence-electron chi connectivity index (χ2n) is 4.94. The van der Waals surface area contributed by atoms with Gasteiger partial charge in [-0.3, -0.25) is 0 Å². The number of benzene rings is 1. The highest BCUT2D eigenvalue weighted by molar-refractivity contribution is 5.74. The number of urea groups is 1. The molecular formula is C16H26N2O3. The first-order valence-corrected chi connectivity index (χ1v) is 7.38. The van der Waals surface area contributed by atoms with E-state index in [0.29, 0.717) is 6.54 Å². The summed E-state index contributed by atoms with van der Waals surface area (Å²) in [7, 11) is 3.23. The summed E-state index contributed by atoms with van der Waals surface area (Å²) < 4.78 is 10.6. The van der Waals surface area contributed by atoms with Gasteiger partial charge in [0.25, 0.3) is 0 Å². The van der Waals surface area contributed by atoms with E-state index in [9.17, 15) is 4.79 Å². The van der Waals surface area contributed by atoms with Crippen LogP contribution in [0.2, 0.25) is 0 Å². The summed E-state index contributed by atoms with van der Waals surface area (Å²) in [6, 6.07) is 5.22. The lowest BCUT2D eigenvalue weighted by atomic mass is 10.1. The van der Waals surface area contributed by atoms with Crippen molar-refractivity contribution in [2.24, 2.45) is 0 Å². The molecule has 1 unspecified atom stereocenters. The van der Waals surface area contributed by atoms with Crippen LogP contribution >= 0.6 is 0 Å². The standard InChI is InChI=1S/C16H26N2O3/c1-5-6-7-10-17-16(19)18-12(2)14-11-13(20-3)8-9-15(14)21-4/h8-9,11-12H,5-7,10H2,1-4H3,(H2,17,18,19). The van der Waals surface area contributed by atoms with Gasteiger partial charge in [-0.1, -0.05) is 19.8 Å². The van der Waals surface area contributed by atoms with Gasteiger partial charge >= 0.3 is 6.03 Å². The maximum Gasteiger partial charge on any atom is 0.315 e. The van der Waals surface area contributed by atoms with Crippen LogP contribution in [0.1, 0.15) is 44.7 Å². The zero-order valence-electron chi connectivity index (χ0n) is 13.4. The number of rotatable bonds is 8. The number of carbonyl (C=O) groups is 1. The molecule has 1 atom stereocenters.